The molecule has 4 nitrogen and oxygen atoms in total. The van der Waals surface area contributed by atoms with Crippen molar-refractivity contribution in [1.82, 2.24) is 9.13 Å². The third-order valence-corrected chi connectivity index (χ3v) is 8.94. The Morgan fingerprint density at radius 1 is 0.500 bits per heavy atom. The van der Waals surface area contributed by atoms with E-state index in [9.17, 15) is 10.5 Å². The van der Waals surface area contributed by atoms with Crippen LogP contribution in [0.5, 0.6) is 0 Å². The summed E-state index contributed by atoms with van der Waals surface area (Å²) in [5.74, 6) is 0. The Morgan fingerprint density at radius 2 is 1.00 bits per heavy atom. The normalized spacial score (nSPS) is 11.9. The van der Waals surface area contributed by atoms with Gasteiger partial charge in [-0.05, 0) is 64.2 Å². The van der Waals surface area contributed by atoms with Crippen molar-refractivity contribution >= 4 is 54.4 Å². The molecule has 0 aliphatic rings. The van der Waals surface area contributed by atoms with E-state index in [1.807, 2.05) is 24.3 Å². The second-order valence-electron chi connectivity index (χ2n) is 12.4. The number of aromatic nitrogens is 2. The highest BCUT2D eigenvalue weighted by atomic mass is 15.1. The first-order chi connectivity index (χ1) is 21.4. The van der Waals surface area contributed by atoms with Gasteiger partial charge in [0.25, 0.3) is 0 Å². The standard InChI is InChI=1S/C40H28N4/c1-40(2,3)28-19-21-35-32(22-28)37-29-11-5-4-10-25(29)18-20-36(37)44(35)39-27(24-42)17-16-26(23-41)38(39)43-33-14-8-6-12-30(33)31-13-7-9-15-34(31)43/h4-22H,1-3H3. The van der Waals surface area contributed by atoms with E-state index in [2.05, 4.69) is 121 Å². The van der Waals surface area contributed by atoms with Crippen LogP contribution in [0.25, 0.3) is 65.8 Å². The molecule has 6 aromatic carbocycles. The van der Waals surface area contributed by atoms with Gasteiger partial charge in [-0.1, -0.05) is 93.6 Å². The lowest BCUT2D eigenvalue weighted by molar-refractivity contribution is 0.591. The lowest BCUT2D eigenvalue weighted by Crippen LogP contribution is -2.11. The highest BCUT2D eigenvalue weighted by Crippen LogP contribution is 2.43. The van der Waals surface area contributed by atoms with Gasteiger partial charge < -0.3 is 9.13 Å². The van der Waals surface area contributed by atoms with Crippen LogP contribution in [0.2, 0.25) is 0 Å². The van der Waals surface area contributed by atoms with Crippen LogP contribution in [0.15, 0.2) is 115 Å². The molecule has 0 saturated heterocycles. The predicted octanol–water partition coefficient (Wildman–Crippen LogP) is 10.1. The van der Waals surface area contributed by atoms with Gasteiger partial charge in [0.1, 0.15) is 12.1 Å². The highest BCUT2D eigenvalue weighted by molar-refractivity contribution is 6.22. The quantitative estimate of drug-likeness (QED) is 0.210. The fourth-order valence-corrected chi connectivity index (χ4v) is 6.87. The van der Waals surface area contributed by atoms with Crippen molar-refractivity contribution < 1.29 is 0 Å². The monoisotopic (exact) mass is 564 g/mol. The first-order valence-electron chi connectivity index (χ1n) is 14.8. The van der Waals surface area contributed by atoms with Crippen LogP contribution < -0.4 is 0 Å². The number of hydrogen-bond acceptors (Lipinski definition) is 2. The van der Waals surface area contributed by atoms with Crippen molar-refractivity contribution in [3.63, 3.8) is 0 Å². The maximum absolute atomic E-state index is 10.6. The molecule has 8 rings (SSSR count). The lowest BCUT2D eigenvalue weighted by Gasteiger charge is -2.20. The molecule has 44 heavy (non-hydrogen) atoms. The van der Waals surface area contributed by atoms with Gasteiger partial charge in [0.15, 0.2) is 0 Å². The third kappa shape index (κ3) is 3.55. The van der Waals surface area contributed by atoms with Crippen LogP contribution in [-0.2, 0) is 5.41 Å². The molecule has 4 heteroatoms. The van der Waals surface area contributed by atoms with E-state index >= 15 is 0 Å². The second-order valence-corrected chi connectivity index (χ2v) is 12.4. The summed E-state index contributed by atoms with van der Waals surface area (Å²) in [4.78, 5) is 0. The van der Waals surface area contributed by atoms with Crippen molar-refractivity contribution in [3.05, 3.63) is 132 Å². The molecular weight excluding hydrogens is 536 g/mol. The van der Waals surface area contributed by atoms with Crippen molar-refractivity contribution in [2.24, 2.45) is 0 Å². The maximum Gasteiger partial charge on any atom is 0.101 e. The van der Waals surface area contributed by atoms with E-state index in [0.717, 1.165) is 54.4 Å². The van der Waals surface area contributed by atoms with E-state index in [-0.39, 0.29) is 5.41 Å². The van der Waals surface area contributed by atoms with E-state index in [4.69, 9.17) is 0 Å². The van der Waals surface area contributed by atoms with E-state index < -0.39 is 0 Å². The summed E-state index contributed by atoms with van der Waals surface area (Å²) in [6.45, 7) is 6.70. The molecule has 0 fully saturated rings. The highest BCUT2D eigenvalue weighted by Gasteiger charge is 2.26. The Balaban J connectivity index is 1.63. The molecule has 0 aliphatic heterocycles. The van der Waals surface area contributed by atoms with Gasteiger partial charge in [-0.25, -0.2) is 0 Å². The summed E-state index contributed by atoms with van der Waals surface area (Å²) in [5, 5.41) is 28.0. The molecule has 0 radical (unpaired) electrons. The molecule has 0 amide bonds. The lowest BCUT2D eigenvalue weighted by atomic mass is 9.86. The first kappa shape index (κ1) is 25.8. The van der Waals surface area contributed by atoms with Gasteiger partial charge >= 0.3 is 0 Å². The molecular formula is C40H28N4. The van der Waals surface area contributed by atoms with Gasteiger partial charge in [0.2, 0.25) is 0 Å². The summed E-state index contributed by atoms with van der Waals surface area (Å²) < 4.78 is 4.38. The average molecular weight is 565 g/mol. The first-order valence-corrected chi connectivity index (χ1v) is 14.8. The van der Waals surface area contributed by atoms with E-state index in [1.165, 1.54) is 5.56 Å². The van der Waals surface area contributed by atoms with Crippen molar-refractivity contribution in [2.75, 3.05) is 0 Å². The number of hydrogen-bond donors (Lipinski definition) is 0. The number of para-hydroxylation sites is 2. The zero-order chi connectivity index (χ0) is 30.2. The number of benzene rings is 6. The maximum atomic E-state index is 10.6. The molecule has 0 unspecified atom stereocenters. The Morgan fingerprint density at radius 3 is 1.59 bits per heavy atom. The largest absolute Gasteiger partial charge is 0.306 e. The number of fused-ring (bicyclic) bond motifs is 8. The van der Waals surface area contributed by atoms with Crippen LogP contribution in [0.4, 0.5) is 0 Å². The minimum Gasteiger partial charge on any atom is -0.306 e. The van der Waals surface area contributed by atoms with Crippen LogP contribution in [-0.4, -0.2) is 9.13 Å². The molecule has 0 spiro atoms. The molecule has 0 N–H and O–H groups in total. The number of nitriles is 2. The van der Waals surface area contributed by atoms with Crippen LogP contribution >= 0.6 is 0 Å². The van der Waals surface area contributed by atoms with Gasteiger partial charge in [-0.2, -0.15) is 10.5 Å². The number of rotatable bonds is 2. The van der Waals surface area contributed by atoms with Gasteiger partial charge in [-0.3, -0.25) is 0 Å². The van der Waals surface area contributed by atoms with E-state index in [1.54, 1.807) is 12.1 Å². The second kappa shape index (κ2) is 9.33. The van der Waals surface area contributed by atoms with E-state index in [0.29, 0.717) is 22.5 Å². The topological polar surface area (TPSA) is 57.4 Å². The fourth-order valence-electron chi connectivity index (χ4n) is 6.87. The zero-order valence-electron chi connectivity index (χ0n) is 24.8. The SMILES string of the molecule is CC(C)(C)c1ccc2c(c1)c1c3ccccc3ccc1n2-c1c(C#N)ccc(C#N)c1-n1c2ccccc2c2ccccc21. The summed E-state index contributed by atoms with van der Waals surface area (Å²) >= 11 is 0. The minimum atomic E-state index is -0.0418. The van der Waals surface area contributed by atoms with Gasteiger partial charge in [-0.15, -0.1) is 0 Å². The molecule has 0 saturated carbocycles. The molecule has 208 valence electrons. The Kier molecular flexibility index (Phi) is 5.48. The minimum absolute atomic E-state index is 0.0418. The van der Waals surface area contributed by atoms with Crippen molar-refractivity contribution in [3.8, 4) is 23.5 Å². The smallest absolute Gasteiger partial charge is 0.101 e. The summed E-state index contributed by atoms with van der Waals surface area (Å²) in [5.41, 5.74) is 7.60. The molecule has 0 atom stereocenters. The van der Waals surface area contributed by atoms with Crippen LogP contribution in [0.1, 0.15) is 37.5 Å². The molecule has 0 bridgehead atoms. The molecule has 2 aromatic heterocycles. The Labute approximate surface area is 255 Å². The Bertz CT molecular complexity index is 2500. The summed E-state index contributed by atoms with van der Waals surface area (Å²) in [6, 6.07) is 44.6. The number of nitrogens with zero attached hydrogens (tertiary/aromatic N) is 4. The molecule has 8 aromatic rings. The third-order valence-electron chi connectivity index (χ3n) is 8.94. The molecule has 0 aliphatic carbocycles. The summed E-state index contributed by atoms with van der Waals surface area (Å²) in [7, 11) is 0. The Hall–Kier alpha value is -5.84. The van der Waals surface area contributed by atoms with Crippen molar-refractivity contribution in [2.45, 2.75) is 26.2 Å². The van der Waals surface area contributed by atoms with Crippen LogP contribution in [0.3, 0.4) is 0 Å². The van der Waals surface area contributed by atoms with Gasteiger partial charge in [0, 0.05) is 21.5 Å². The zero-order valence-corrected chi connectivity index (χ0v) is 24.8. The van der Waals surface area contributed by atoms with Gasteiger partial charge in [0.05, 0.1) is 44.6 Å². The predicted molar refractivity (Wildman–Crippen MR) is 181 cm³/mol. The average Bonchev–Trinajstić information content (AvgIpc) is 3.56. The fraction of sp³-hybridized carbons (Fsp3) is 0.100. The summed E-state index contributed by atoms with van der Waals surface area (Å²) in [6.07, 6.45) is 0. The van der Waals surface area contributed by atoms with Crippen molar-refractivity contribution in [1.29, 1.82) is 10.5 Å². The molecule has 2 heterocycles. The van der Waals surface area contributed by atoms with Crippen LogP contribution in [0, 0.1) is 22.7 Å².